The van der Waals surface area contributed by atoms with Gasteiger partial charge in [0.15, 0.2) is 0 Å². The lowest BCUT2D eigenvalue weighted by Gasteiger charge is -2.27. The lowest BCUT2D eigenvalue weighted by molar-refractivity contribution is -0.119. The fourth-order valence-corrected chi connectivity index (χ4v) is 3.50. The highest BCUT2D eigenvalue weighted by Gasteiger charge is 2.43. The lowest BCUT2D eigenvalue weighted by Crippen LogP contribution is -2.24. The molecule has 17 heavy (non-hydrogen) atoms. The first-order valence-electron chi connectivity index (χ1n) is 6.33. The second-order valence-electron chi connectivity index (χ2n) is 5.29. The standard InChI is InChI=1S/C13H20N2O2/c14-12(16)5-3-10-8-1-2-9(7-8)11(10)4-6-13(15)17/h1-2,8-11H,3-7H2,(H2,14,16)(H2,15,17). The van der Waals surface area contributed by atoms with Crippen LogP contribution in [0, 0.1) is 23.7 Å². The topological polar surface area (TPSA) is 86.2 Å². The molecule has 2 aliphatic rings. The quantitative estimate of drug-likeness (QED) is 0.673. The van der Waals surface area contributed by atoms with Crippen LogP contribution >= 0.6 is 0 Å². The van der Waals surface area contributed by atoms with Crippen molar-refractivity contribution in [2.75, 3.05) is 0 Å². The number of fused-ring (bicyclic) bond motifs is 2. The molecule has 0 aromatic rings. The van der Waals surface area contributed by atoms with Gasteiger partial charge in [-0.15, -0.1) is 0 Å². The fraction of sp³-hybridized carbons (Fsp3) is 0.692. The normalized spacial score (nSPS) is 34.1. The number of nitrogens with two attached hydrogens (primary N) is 2. The number of hydrogen-bond acceptors (Lipinski definition) is 2. The molecule has 4 N–H and O–H groups in total. The van der Waals surface area contributed by atoms with Crippen LogP contribution in [0.5, 0.6) is 0 Å². The smallest absolute Gasteiger partial charge is 0.217 e. The van der Waals surface area contributed by atoms with Gasteiger partial charge in [0.1, 0.15) is 0 Å². The van der Waals surface area contributed by atoms with Gasteiger partial charge in [0.05, 0.1) is 0 Å². The maximum atomic E-state index is 10.9. The Morgan fingerprint density at radius 1 is 0.941 bits per heavy atom. The Hall–Kier alpha value is -1.32. The van der Waals surface area contributed by atoms with Crippen LogP contribution in [-0.4, -0.2) is 11.8 Å². The van der Waals surface area contributed by atoms with Crippen molar-refractivity contribution in [2.45, 2.75) is 32.1 Å². The number of primary amides is 2. The molecule has 0 saturated heterocycles. The first-order valence-corrected chi connectivity index (χ1v) is 6.33. The summed E-state index contributed by atoms with van der Waals surface area (Å²) in [4.78, 5) is 21.7. The highest BCUT2D eigenvalue weighted by atomic mass is 16.1. The van der Waals surface area contributed by atoms with Crippen LogP contribution in [0.15, 0.2) is 12.2 Å². The van der Waals surface area contributed by atoms with Gasteiger partial charge in [-0.3, -0.25) is 9.59 Å². The molecule has 2 bridgehead atoms. The zero-order chi connectivity index (χ0) is 12.4. The predicted molar refractivity (Wildman–Crippen MR) is 64.6 cm³/mol. The molecule has 4 unspecified atom stereocenters. The van der Waals surface area contributed by atoms with Gasteiger partial charge in [-0.2, -0.15) is 0 Å². The minimum atomic E-state index is -0.231. The molecule has 0 heterocycles. The van der Waals surface area contributed by atoms with Gasteiger partial charge in [0.2, 0.25) is 11.8 Å². The lowest BCUT2D eigenvalue weighted by atomic mass is 9.78. The first kappa shape index (κ1) is 12.1. The Kier molecular flexibility index (Phi) is 3.50. The molecule has 0 aromatic heterocycles. The van der Waals surface area contributed by atoms with Gasteiger partial charge in [0.25, 0.3) is 0 Å². The Bertz CT molecular complexity index is 319. The van der Waals surface area contributed by atoms with Crippen LogP contribution in [-0.2, 0) is 9.59 Å². The molecular formula is C13H20N2O2. The van der Waals surface area contributed by atoms with Crippen LogP contribution in [0.4, 0.5) is 0 Å². The van der Waals surface area contributed by atoms with E-state index in [9.17, 15) is 9.59 Å². The van der Waals surface area contributed by atoms with Gasteiger partial charge < -0.3 is 11.5 Å². The summed E-state index contributed by atoms with van der Waals surface area (Å²) < 4.78 is 0. The Morgan fingerprint density at radius 3 is 1.71 bits per heavy atom. The number of rotatable bonds is 6. The van der Waals surface area contributed by atoms with E-state index in [2.05, 4.69) is 12.2 Å². The average molecular weight is 236 g/mol. The van der Waals surface area contributed by atoms with E-state index < -0.39 is 0 Å². The molecule has 0 spiro atoms. The van der Waals surface area contributed by atoms with Gasteiger partial charge >= 0.3 is 0 Å². The van der Waals surface area contributed by atoms with Crippen molar-refractivity contribution in [3.63, 3.8) is 0 Å². The van der Waals surface area contributed by atoms with E-state index in [1.54, 1.807) is 0 Å². The van der Waals surface area contributed by atoms with Crippen molar-refractivity contribution >= 4 is 11.8 Å². The third kappa shape index (κ3) is 2.68. The molecule has 2 rings (SSSR count). The van der Waals surface area contributed by atoms with E-state index >= 15 is 0 Å². The van der Waals surface area contributed by atoms with Gasteiger partial charge in [-0.1, -0.05) is 12.2 Å². The molecular weight excluding hydrogens is 216 g/mol. The highest BCUT2D eigenvalue weighted by Crippen LogP contribution is 2.51. The Balaban J connectivity index is 1.94. The summed E-state index contributed by atoms with van der Waals surface area (Å²) in [7, 11) is 0. The van der Waals surface area contributed by atoms with Crippen molar-refractivity contribution in [3.05, 3.63) is 12.2 Å². The summed E-state index contributed by atoms with van der Waals surface area (Å²) in [5.41, 5.74) is 10.4. The van der Waals surface area contributed by atoms with E-state index in [0.717, 1.165) is 12.8 Å². The summed E-state index contributed by atoms with van der Waals surface area (Å²) in [5, 5.41) is 0. The largest absolute Gasteiger partial charge is 0.370 e. The molecule has 2 aliphatic carbocycles. The molecule has 0 radical (unpaired) electrons. The third-order valence-corrected chi connectivity index (χ3v) is 4.25. The molecule has 4 nitrogen and oxygen atoms in total. The first-order chi connectivity index (χ1) is 8.08. The van der Waals surface area contributed by atoms with Crippen molar-refractivity contribution in [2.24, 2.45) is 35.1 Å². The van der Waals surface area contributed by atoms with E-state index in [0.29, 0.717) is 36.5 Å². The van der Waals surface area contributed by atoms with Crippen LogP contribution < -0.4 is 11.5 Å². The molecule has 0 aliphatic heterocycles. The van der Waals surface area contributed by atoms with Crippen molar-refractivity contribution in [1.29, 1.82) is 0 Å². The van der Waals surface area contributed by atoms with Crippen LogP contribution in [0.2, 0.25) is 0 Å². The minimum Gasteiger partial charge on any atom is -0.370 e. The maximum absolute atomic E-state index is 10.9. The molecule has 4 heteroatoms. The minimum absolute atomic E-state index is 0.231. The number of carbonyl (C=O) groups excluding carboxylic acids is 2. The van der Waals surface area contributed by atoms with Crippen molar-refractivity contribution < 1.29 is 9.59 Å². The van der Waals surface area contributed by atoms with Crippen molar-refractivity contribution in [3.8, 4) is 0 Å². The highest BCUT2D eigenvalue weighted by molar-refractivity contribution is 5.74. The summed E-state index contributed by atoms with van der Waals surface area (Å²) in [6.45, 7) is 0. The zero-order valence-corrected chi connectivity index (χ0v) is 9.97. The number of amides is 2. The molecule has 1 saturated carbocycles. The summed E-state index contributed by atoms with van der Waals surface area (Å²) in [6.07, 6.45) is 8.30. The van der Waals surface area contributed by atoms with Gasteiger partial charge in [0, 0.05) is 12.8 Å². The molecule has 4 atom stereocenters. The third-order valence-electron chi connectivity index (χ3n) is 4.25. The SMILES string of the molecule is NC(=O)CCC1C2C=CC(C2)C1CCC(N)=O. The predicted octanol–water partition coefficient (Wildman–Crippen LogP) is 0.956. The van der Waals surface area contributed by atoms with E-state index in [1.807, 2.05) is 0 Å². The molecule has 1 fully saturated rings. The van der Waals surface area contributed by atoms with Crippen LogP contribution in [0.1, 0.15) is 32.1 Å². The molecule has 2 amide bonds. The van der Waals surface area contributed by atoms with Crippen molar-refractivity contribution in [1.82, 2.24) is 0 Å². The number of allylic oxidation sites excluding steroid dienone is 2. The fourth-order valence-electron chi connectivity index (χ4n) is 3.50. The Morgan fingerprint density at radius 2 is 1.35 bits per heavy atom. The van der Waals surface area contributed by atoms with Gasteiger partial charge in [-0.25, -0.2) is 0 Å². The monoisotopic (exact) mass is 236 g/mol. The van der Waals surface area contributed by atoms with Gasteiger partial charge in [-0.05, 0) is 42.9 Å². The summed E-state index contributed by atoms with van der Waals surface area (Å²) >= 11 is 0. The second-order valence-corrected chi connectivity index (χ2v) is 5.29. The number of carbonyl (C=O) groups is 2. The van der Waals surface area contributed by atoms with E-state index in [1.165, 1.54) is 6.42 Å². The average Bonchev–Trinajstić information content (AvgIpc) is 2.83. The summed E-state index contributed by atoms with van der Waals surface area (Å²) in [5.74, 6) is 1.72. The second kappa shape index (κ2) is 4.90. The van der Waals surface area contributed by atoms with E-state index in [-0.39, 0.29) is 11.8 Å². The van der Waals surface area contributed by atoms with Crippen LogP contribution in [0.25, 0.3) is 0 Å². The van der Waals surface area contributed by atoms with Crippen LogP contribution in [0.3, 0.4) is 0 Å². The number of hydrogen-bond donors (Lipinski definition) is 2. The van der Waals surface area contributed by atoms with E-state index in [4.69, 9.17) is 11.5 Å². The maximum Gasteiger partial charge on any atom is 0.217 e. The molecule has 0 aromatic carbocycles. The zero-order valence-electron chi connectivity index (χ0n) is 9.97. The molecule has 94 valence electrons. The summed E-state index contributed by atoms with van der Waals surface area (Å²) in [6, 6.07) is 0. The Labute approximate surface area is 101 Å².